The Kier molecular flexibility index (Phi) is 5.79. The molecule has 1 unspecified atom stereocenters. The van der Waals surface area contributed by atoms with E-state index in [1.165, 1.54) is 4.31 Å². The highest BCUT2D eigenvalue weighted by molar-refractivity contribution is 9.10. The number of halogens is 1. The van der Waals surface area contributed by atoms with Gasteiger partial charge < -0.3 is 10.1 Å². The third-order valence-electron chi connectivity index (χ3n) is 3.67. The van der Waals surface area contributed by atoms with Crippen molar-refractivity contribution < 1.29 is 13.2 Å². The SMILES string of the molecule is CNCc1ccc(S(=O)(=O)N2CCCC(OC)C2)c(Br)c1. The van der Waals surface area contributed by atoms with Crippen LogP contribution in [-0.4, -0.2) is 46.1 Å². The first kappa shape index (κ1) is 16.9. The first-order valence-corrected chi connectivity index (χ1v) is 9.18. The third kappa shape index (κ3) is 3.84. The van der Waals surface area contributed by atoms with Crippen LogP contribution in [-0.2, 0) is 21.3 Å². The predicted octanol–water partition coefficient (Wildman–Crippen LogP) is 1.97. The average molecular weight is 377 g/mol. The van der Waals surface area contributed by atoms with Crippen molar-refractivity contribution in [3.8, 4) is 0 Å². The van der Waals surface area contributed by atoms with Gasteiger partial charge in [0.25, 0.3) is 0 Å². The van der Waals surface area contributed by atoms with Gasteiger partial charge in [-0.25, -0.2) is 8.42 Å². The molecule has 1 atom stereocenters. The number of methoxy groups -OCH3 is 1. The van der Waals surface area contributed by atoms with Crippen molar-refractivity contribution in [3.63, 3.8) is 0 Å². The summed E-state index contributed by atoms with van der Waals surface area (Å²) in [5, 5.41) is 3.05. The standard InChI is InChI=1S/C14H21BrN2O3S/c1-16-9-11-5-6-14(13(15)8-11)21(18,19)17-7-3-4-12(10-17)20-2/h5-6,8,12,16H,3-4,7,9-10H2,1-2H3. The van der Waals surface area contributed by atoms with Crippen LogP contribution < -0.4 is 5.32 Å². The van der Waals surface area contributed by atoms with Gasteiger partial charge in [-0.05, 0) is 53.5 Å². The van der Waals surface area contributed by atoms with Crippen molar-refractivity contribution in [2.24, 2.45) is 0 Å². The molecule has 5 nitrogen and oxygen atoms in total. The quantitative estimate of drug-likeness (QED) is 0.853. The summed E-state index contributed by atoms with van der Waals surface area (Å²) >= 11 is 3.39. The molecule has 118 valence electrons. The first-order chi connectivity index (χ1) is 9.98. The van der Waals surface area contributed by atoms with E-state index in [0.717, 1.165) is 18.4 Å². The molecule has 0 bridgehead atoms. The second-order valence-electron chi connectivity index (χ2n) is 5.16. The van der Waals surface area contributed by atoms with Crippen LogP contribution in [0.2, 0.25) is 0 Å². The topological polar surface area (TPSA) is 58.6 Å². The zero-order chi connectivity index (χ0) is 15.5. The molecule has 2 rings (SSSR count). The van der Waals surface area contributed by atoms with Crippen LogP contribution >= 0.6 is 15.9 Å². The molecule has 1 aliphatic heterocycles. The minimum atomic E-state index is -3.48. The molecule has 1 fully saturated rings. The van der Waals surface area contributed by atoms with E-state index < -0.39 is 10.0 Å². The van der Waals surface area contributed by atoms with Gasteiger partial charge in [0.15, 0.2) is 0 Å². The Balaban J connectivity index is 2.26. The fraction of sp³-hybridized carbons (Fsp3) is 0.571. The van der Waals surface area contributed by atoms with E-state index in [1.54, 1.807) is 13.2 Å². The van der Waals surface area contributed by atoms with E-state index in [1.807, 2.05) is 19.2 Å². The van der Waals surface area contributed by atoms with Gasteiger partial charge in [0.05, 0.1) is 11.0 Å². The Morgan fingerprint density at radius 1 is 1.48 bits per heavy atom. The fourth-order valence-electron chi connectivity index (χ4n) is 2.52. The van der Waals surface area contributed by atoms with Crippen molar-refractivity contribution in [1.29, 1.82) is 0 Å². The molecule has 0 radical (unpaired) electrons. The van der Waals surface area contributed by atoms with Gasteiger partial charge in [-0.3, -0.25) is 0 Å². The molecular weight excluding hydrogens is 356 g/mol. The molecule has 0 aliphatic carbocycles. The zero-order valence-electron chi connectivity index (χ0n) is 12.3. The van der Waals surface area contributed by atoms with Crippen LogP contribution in [0.5, 0.6) is 0 Å². The van der Waals surface area contributed by atoms with Gasteiger partial charge in [0.2, 0.25) is 10.0 Å². The smallest absolute Gasteiger partial charge is 0.244 e. The summed E-state index contributed by atoms with van der Waals surface area (Å²) in [5.41, 5.74) is 1.04. The van der Waals surface area contributed by atoms with Crippen molar-refractivity contribution in [2.75, 3.05) is 27.2 Å². The molecule has 7 heteroatoms. The maximum Gasteiger partial charge on any atom is 0.244 e. The van der Waals surface area contributed by atoms with E-state index in [0.29, 0.717) is 29.0 Å². The maximum atomic E-state index is 12.8. The molecule has 0 spiro atoms. The molecule has 1 heterocycles. The number of piperidine rings is 1. The summed E-state index contributed by atoms with van der Waals surface area (Å²) in [4.78, 5) is 0.319. The molecule has 1 aliphatic rings. The lowest BCUT2D eigenvalue weighted by molar-refractivity contribution is 0.0572. The van der Waals surface area contributed by atoms with Gasteiger partial charge in [-0.2, -0.15) is 4.31 Å². The Morgan fingerprint density at radius 2 is 2.24 bits per heavy atom. The average Bonchev–Trinajstić information content (AvgIpc) is 2.47. The predicted molar refractivity (Wildman–Crippen MR) is 85.7 cm³/mol. The van der Waals surface area contributed by atoms with Crippen LogP contribution in [0.25, 0.3) is 0 Å². The van der Waals surface area contributed by atoms with Crippen LogP contribution in [0.15, 0.2) is 27.6 Å². The summed E-state index contributed by atoms with van der Waals surface area (Å²) in [6, 6.07) is 5.36. The second kappa shape index (κ2) is 7.19. The molecule has 1 N–H and O–H groups in total. The Bertz CT molecular complexity index is 592. The Labute approximate surface area is 134 Å². The Morgan fingerprint density at radius 3 is 2.86 bits per heavy atom. The number of hydrogen-bond acceptors (Lipinski definition) is 4. The summed E-state index contributed by atoms with van der Waals surface area (Å²) in [7, 11) is 0.00516. The van der Waals surface area contributed by atoms with E-state index in [2.05, 4.69) is 21.2 Å². The number of ether oxygens (including phenoxy) is 1. The van der Waals surface area contributed by atoms with Crippen LogP contribution in [0.1, 0.15) is 18.4 Å². The van der Waals surface area contributed by atoms with Gasteiger partial charge in [0.1, 0.15) is 0 Å². The van der Waals surface area contributed by atoms with E-state index in [9.17, 15) is 8.42 Å². The molecule has 21 heavy (non-hydrogen) atoms. The van der Waals surface area contributed by atoms with Crippen LogP contribution in [0, 0.1) is 0 Å². The molecule has 1 saturated heterocycles. The summed E-state index contributed by atoms with van der Waals surface area (Å²) in [5.74, 6) is 0. The number of sulfonamides is 1. The lowest BCUT2D eigenvalue weighted by Crippen LogP contribution is -2.42. The normalized spacial score (nSPS) is 20.6. The van der Waals surface area contributed by atoms with Crippen molar-refractivity contribution in [2.45, 2.75) is 30.4 Å². The van der Waals surface area contributed by atoms with Crippen LogP contribution in [0.3, 0.4) is 0 Å². The van der Waals surface area contributed by atoms with Gasteiger partial charge in [-0.15, -0.1) is 0 Å². The lowest BCUT2D eigenvalue weighted by Gasteiger charge is -2.31. The largest absolute Gasteiger partial charge is 0.380 e. The van der Waals surface area contributed by atoms with Crippen molar-refractivity contribution in [3.05, 3.63) is 28.2 Å². The van der Waals surface area contributed by atoms with Gasteiger partial charge >= 0.3 is 0 Å². The summed E-state index contributed by atoms with van der Waals surface area (Å²) in [6.07, 6.45) is 1.72. The minimum absolute atomic E-state index is 0.0177. The highest BCUT2D eigenvalue weighted by Crippen LogP contribution is 2.28. The number of rotatable bonds is 5. The molecule has 0 saturated carbocycles. The second-order valence-corrected chi connectivity index (χ2v) is 7.92. The monoisotopic (exact) mass is 376 g/mol. The summed E-state index contributed by atoms with van der Waals surface area (Å²) in [6.45, 7) is 1.67. The fourth-order valence-corrected chi connectivity index (χ4v) is 5.12. The third-order valence-corrected chi connectivity index (χ3v) is 6.51. The number of nitrogens with one attached hydrogen (secondary N) is 1. The zero-order valence-corrected chi connectivity index (χ0v) is 14.7. The molecular formula is C14H21BrN2O3S. The number of benzene rings is 1. The highest BCUT2D eigenvalue weighted by atomic mass is 79.9. The molecule has 0 aromatic heterocycles. The molecule has 1 aromatic carbocycles. The maximum absolute atomic E-state index is 12.8. The highest BCUT2D eigenvalue weighted by Gasteiger charge is 2.31. The van der Waals surface area contributed by atoms with E-state index >= 15 is 0 Å². The Hall–Kier alpha value is -0.470. The molecule has 1 aromatic rings. The lowest BCUT2D eigenvalue weighted by atomic mass is 10.1. The van der Waals surface area contributed by atoms with Crippen molar-refractivity contribution in [1.82, 2.24) is 9.62 Å². The van der Waals surface area contributed by atoms with Gasteiger partial charge in [0, 0.05) is 31.2 Å². The minimum Gasteiger partial charge on any atom is -0.380 e. The van der Waals surface area contributed by atoms with E-state index in [4.69, 9.17) is 4.74 Å². The van der Waals surface area contributed by atoms with E-state index in [-0.39, 0.29) is 6.10 Å². The molecule has 0 amide bonds. The van der Waals surface area contributed by atoms with Gasteiger partial charge in [-0.1, -0.05) is 6.07 Å². The first-order valence-electron chi connectivity index (χ1n) is 6.95. The summed E-state index contributed by atoms with van der Waals surface area (Å²) < 4.78 is 33.0. The number of nitrogens with zero attached hydrogens (tertiary/aromatic N) is 1. The van der Waals surface area contributed by atoms with Crippen LogP contribution in [0.4, 0.5) is 0 Å². The van der Waals surface area contributed by atoms with Crippen molar-refractivity contribution >= 4 is 26.0 Å². The number of hydrogen-bond donors (Lipinski definition) is 1.